The molecule has 0 aliphatic rings. The van der Waals surface area contributed by atoms with Crippen LogP contribution in [-0.2, 0) is 16.0 Å². The normalized spacial score (nSPS) is 9.38. The Hall–Kier alpha value is -1.29. The fraction of sp³-hybridized carbons (Fsp3) is 0.364. The van der Waals surface area contributed by atoms with E-state index in [-0.39, 0.29) is 30.6 Å². The van der Waals surface area contributed by atoms with Crippen molar-refractivity contribution < 1.29 is 13.9 Å². The van der Waals surface area contributed by atoms with E-state index in [1.165, 1.54) is 12.1 Å². The zero-order valence-electron chi connectivity index (χ0n) is 9.03. The van der Waals surface area contributed by atoms with Gasteiger partial charge in [-0.15, -0.1) is 12.4 Å². The third kappa shape index (κ3) is 4.49. The molecule has 0 aromatic heterocycles. The second-order valence-corrected chi connectivity index (χ2v) is 3.15. The highest BCUT2D eigenvalue weighted by atomic mass is 35.5. The summed E-state index contributed by atoms with van der Waals surface area (Å²) in [6, 6.07) is 4.17. The van der Waals surface area contributed by atoms with Crippen molar-refractivity contribution in [3.8, 4) is 0 Å². The number of carbonyl (C=O) groups is 1. The first-order chi connectivity index (χ1) is 7.13. The summed E-state index contributed by atoms with van der Waals surface area (Å²) >= 11 is 0. The highest BCUT2D eigenvalue weighted by Crippen LogP contribution is 2.15. The minimum Gasteiger partial charge on any atom is -0.466 e. The third-order valence-corrected chi connectivity index (χ3v) is 2.01. The monoisotopic (exact) mass is 247 g/mol. The number of anilines is 1. The van der Waals surface area contributed by atoms with Crippen molar-refractivity contribution in [1.82, 2.24) is 0 Å². The van der Waals surface area contributed by atoms with Crippen LogP contribution in [0.15, 0.2) is 18.2 Å². The summed E-state index contributed by atoms with van der Waals surface area (Å²) in [4.78, 5) is 11.1. The molecule has 0 unspecified atom stereocenters. The molecule has 0 saturated carbocycles. The molecule has 0 spiro atoms. The van der Waals surface area contributed by atoms with Gasteiger partial charge in [-0.1, -0.05) is 6.07 Å². The number of halogens is 2. The van der Waals surface area contributed by atoms with Crippen molar-refractivity contribution in [2.45, 2.75) is 19.8 Å². The zero-order valence-corrected chi connectivity index (χ0v) is 9.85. The zero-order chi connectivity index (χ0) is 11.3. The molecule has 0 aliphatic heterocycles. The Bertz CT molecular complexity index is 358. The van der Waals surface area contributed by atoms with Gasteiger partial charge in [0.25, 0.3) is 0 Å². The number of benzene rings is 1. The summed E-state index contributed by atoms with van der Waals surface area (Å²) in [5.41, 5.74) is 6.73. The first-order valence-corrected chi connectivity index (χ1v) is 4.83. The molecule has 1 aromatic rings. The van der Waals surface area contributed by atoms with E-state index in [0.717, 1.165) is 5.56 Å². The molecule has 0 atom stereocenters. The highest BCUT2D eigenvalue weighted by Gasteiger charge is 2.05. The molecule has 0 radical (unpaired) electrons. The number of hydrogen-bond donors (Lipinski definition) is 1. The SMILES string of the molecule is CCOC(=O)CCc1ccc(F)cc1N.Cl. The summed E-state index contributed by atoms with van der Waals surface area (Å²) in [5, 5.41) is 0. The number of ether oxygens (including phenoxy) is 1. The second-order valence-electron chi connectivity index (χ2n) is 3.15. The van der Waals surface area contributed by atoms with Gasteiger partial charge in [-0.05, 0) is 31.0 Å². The molecule has 2 N–H and O–H groups in total. The first kappa shape index (κ1) is 14.7. The van der Waals surface area contributed by atoms with Crippen LogP contribution in [0.4, 0.5) is 10.1 Å². The number of carbonyl (C=O) groups excluding carboxylic acids is 1. The smallest absolute Gasteiger partial charge is 0.306 e. The van der Waals surface area contributed by atoms with Crippen LogP contribution in [0.3, 0.4) is 0 Å². The Morgan fingerprint density at radius 3 is 2.75 bits per heavy atom. The minimum absolute atomic E-state index is 0. The average Bonchev–Trinajstić information content (AvgIpc) is 2.17. The lowest BCUT2D eigenvalue weighted by Gasteiger charge is -2.05. The van der Waals surface area contributed by atoms with Crippen LogP contribution >= 0.6 is 12.4 Å². The number of hydrogen-bond acceptors (Lipinski definition) is 3. The van der Waals surface area contributed by atoms with Gasteiger partial charge in [-0.3, -0.25) is 4.79 Å². The standard InChI is InChI=1S/C11H14FNO2.ClH/c1-2-15-11(14)6-4-8-3-5-9(12)7-10(8)13;/h3,5,7H,2,4,6,13H2,1H3;1H. The molecule has 0 aliphatic carbocycles. The molecule has 1 rings (SSSR count). The van der Waals surface area contributed by atoms with Crippen LogP contribution < -0.4 is 5.73 Å². The Morgan fingerprint density at radius 2 is 2.19 bits per heavy atom. The van der Waals surface area contributed by atoms with Crippen molar-refractivity contribution in [1.29, 1.82) is 0 Å². The molecule has 16 heavy (non-hydrogen) atoms. The molecule has 1 aromatic carbocycles. The van der Waals surface area contributed by atoms with E-state index in [0.29, 0.717) is 18.7 Å². The summed E-state index contributed by atoms with van der Waals surface area (Å²) < 4.78 is 17.5. The van der Waals surface area contributed by atoms with Crippen LogP contribution in [-0.4, -0.2) is 12.6 Å². The molecular weight excluding hydrogens is 233 g/mol. The van der Waals surface area contributed by atoms with E-state index in [2.05, 4.69) is 0 Å². The van der Waals surface area contributed by atoms with Crippen molar-refractivity contribution in [3.63, 3.8) is 0 Å². The predicted octanol–water partition coefficient (Wildman–Crippen LogP) is 2.33. The maximum Gasteiger partial charge on any atom is 0.306 e. The number of nitrogen functional groups attached to an aromatic ring is 1. The van der Waals surface area contributed by atoms with E-state index in [1.807, 2.05) is 0 Å². The van der Waals surface area contributed by atoms with Crippen LogP contribution in [0.1, 0.15) is 18.9 Å². The largest absolute Gasteiger partial charge is 0.466 e. The van der Waals surface area contributed by atoms with Crippen LogP contribution in [0.25, 0.3) is 0 Å². The van der Waals surface area contributed by atoms with E-state index >= 15 is 0 Å². The van der Waals surface area contributed by atoms with E-state index in [9.17, 15) is 9.18 Å². The summed E-state index contributed by atoms with van der Waals surface area (Å²) in [7, 11) is 0. The molecular formula is C11H15ClFNO2. The average molecular weight is 248 g/mol. The first-order valence-electron chi connectivity index (χ1n) is 4.83. The van der Waals surface area contributed by atoms with Crippen molar-refractivity contribution in [2.75, 3.05) is 12.3 Å². The molecule has 3 nitrogen and oxygen atoms in total. The molecule has 0 bridgehead atoms. The fourth-order valence-electron chi connectivity index (χ4n) is 1.26. The Kier molecular flexibility index (Phi) is 6.49. The van der Waals surface area contributed by atoms with Gasteiger partial charge in [0.2, 0.25) is 0 Å². The van der Waals surface area contributed by atoms with Gasteiger partial charge in [0.15, 0.2) is 0 Å². The van der Waals surface area contributed by atoms with Gasteiger partial charge in [0.05, 0.1) is 6.61 Å². The lowest BCUT2D eigenvalue weighted by atomic mass is 10.1. The number of nitrogens with two attached hydrogens (primary N) is 1. The molecule has 5 heteroatoms. The van der Waals surface area contributed by atoms with Crippen LogP contribution in [0, 0.1) is 5.82 Å². The van der Waals surface area contributed by atoms with Crippen LogP contribution in [0.2, 0.25) is 0 Å². The Labute approximate surface area is 100 Å². The molecule has 0 saturated heterocycles. The fourth-order valence-corrected chi connectivity index (χ4v) is 1.26. The second kappa shape index (κ2) is 7.06. The predicted molar refractivity (Wildman–Crippen MR) is 63.0 cm³/mol. The van der Waals surface area contributed by atoms with Crippen molar-refractivity contribution in [2.24, 2.45) is 0 Å². The molecule has 90 valence electrons. The lowest BCUT2D eigenvalue weighted by molar-refractivity contribution is -0.143. The van der Waals surface area contributed by atoms with Gasteiger partial charge in [-0.25, -0.2) is 4.39 Å². The van der Waals surface area contributed by atoms with Gasteiger partial charge in [0.1, 0.15) is 5.82 Å². The minimum atomic E-state index is -0.368. The molecule has 0 fully saturated rings. The topological polar surface area (TPSA) is 52.3 Å². The quantitative estimate of drug-likeness (QED) is 0.656. The summed E-state index contributed by atoms with van der Waals surface area (Å²) in [6.45, 7) is 2.13. The van der Waals surface area contributed by atoms with Crippen LogP contribution in [0.5, 0.6) is 0 Å². The van der Waals surface area contributed by atoms with Crippen molar-refractivity contribution >= 4 is 24.1 Å². The van der Waals surface area contributed by atoms with E-state index < -0.39 is 0 Å². The maximum absolute atomic E-state index is 12.7. The summed E-state index contributed by atoms with van der Waals surface area (Å²) in [6.07, 6.45) is 0.745. The number of rotatable bonds is 4. The highest BCUT2D eigenvalue weighted by molar-refractivity contribution is 5.85. The summed E-state index contributed by atoms with van der Waals surface area (Å²) in [5.74, 6) is -0.631. The Balaban J connectivity index is 0.00000225. The number of esters is 1. The lowest BCUT2D eigenvalue weighted by Crippen LogP contribution is -2.06. The van der Waals surface area contributed by atoms with Gasteiger partial charge in [-0.2, -0.15) is 0 Å². The van der Waals surface area contributed by atoms with Crippen molar-refractivity contribution in [3.05, 3.63) is 29.6 Å². The molecule has 0 amide bonds. The molecule has 0 heterocycles. The third-order valence-electron chi connectivity index (χ3n) is 2.01. The van der Waals surface area contributed by atoms with Gasteiger partial charge < -0.3 is 10.5 Å². The number of aryl methyl sites for hydroxylation is 1. The Morgan fingerprint density at radius 1 is 1.50 bits per heavy atom. The van der Waals surface area contributed by atoms with Gasteiger partial charge >= 0.3 is 5.97 Å². The van der Waals surface area contributed by atoms with E-state index in [4.69, 9.17) is 10.5 Å². The van der Waals surface area contributed by atoms with E-state index in [1.54, 1.807) is 13.0 Å². The maximum atomic E-state index is 12.7. The van der Waals surface area contributed by atoms with Gasteiger partial charge in [0, 0.05) is 12.1 Å².